The van der Waals surface area contributed by atoms with Crippen LogP contribution in [0.3, 0.4) is 0 Å². The van der Waals surface area contributed by atoms with Crippen molar-refractivity contribution in [1.29, 1.82) is 0 Å². The highest BCUT2D eigenvalue weighted by Gasteiger charge is 2.34. The quantitative estimate of drug-likeness (QED) is 0.215. The van der Waals surface area contributed by atoms with Crippen molar-refractivity contribution >= 4 is 11.9 Å². The third-order valence-electron chi connectivity index (χ3n) is 5.14. The summed E-state index contributed by atoms with van der Waals surface area (Å²) in [5.74, 6) is -3.69. The summed E-state index contributed by atoms with van der Waals surface area (Å²) >= 11 is 0. The monoisotopic (exact) mass is 540 g/mol. The van der Waals surface area contributed by atoms with Gasteiger partial charge in [0, 0.05) is 11.1 Å². The lowest BCUT2D eigenvalue weighted by Gasteiger charge is -2.06. The molecule has 0 saturated carbocycles. The number of methoxy groups -OCH3 is 2. The number of alkyl halides is 6. The first kappa shape index (κ1) is 26.4. The second-order valence-electron chi connectivity index (χ2n) is 7.53. The van der Waals surface area contributed by atoms with E-state index in [0.717, 1.165) is 62.8 Å². The number of carbonyl (C=O) groups is 2. The molecule has 8 nitrogen and oxygen atoms in total. The minimum atomic E-state index is -4.60. The lowest BCUT2D eigenvalue weighted by atomic mass is 10.1. The Balaban J connectivity index is 1.84. The summed E-state index contributed by atoms with van der Waals surface area (Å²) in [6.07, 6.45) is -9.19. The van der Waals surface area contributed by atoms with Gasteiger partial charge < -0.3 is 18.3 Å². The number of aromatic nitrogens is 2. The molecule has 0 amide bonds. The molecule has 0 bridgehead atoms. The molecule has 0 fully saturated rings. The Labute approximate surface area is 208 Å². The molecule has 14 heteroatoms. The number of esters is 2. The molecule has 0 radical (unpaired) electrons. The second kappa shape index (κ2) is 9.68. The van der Waals surface area contributed by atoms with Gasteiger partial charge in [-0.15, -0.1) is 0 Å². The molecule has 0 saturated heterocycles. The van der Waals surface area contributed by atoms with Crippen LogP contribution in [0.15, 0.2) is 57.4 Å². The number of carbonyl (C=O) groups excluding carboxylic acids is 2. The molecule has 38 heavy (non-hydrogen) atoms. The van der Waals surface area contributed by atoms with E-state index in [1.54, 1.807) is 0 Å². The van der Waals surface area contributed by atoms with Crippen molar-refractivity contribution in [1.82, 2.24) is 9.97 Å². The fraction of sp³-hybridized carbons (Fsp3) is 0.167. The van der Waals surface area contributed by atoms with Crippen LogP contribution < -0.4 is 0 Å². The normalized spacial score (nSPS) is 11.9. The van der Waals surface area contributed by atoms with E-state index in [9.17, 15) is 35.9 Å². The zero-order valence-corrected chi connectivity index (χ0v) is 19.2. The van der Waals surface area contributed by atoms with E-state index in [4.69, 9.17) is 8.83 Å². The van der Waals surface area contributed by atoms with Gasteiger partial charge in [-0.3, -0.25) is 0 Å². The van der Waals surface area contributed by atoms with Crippen molar-refractivity contribution in [3.63, 3.8) is 0 Å². The van der Waals surface area contributed by atoms with E-state index in [2.05, 4.69) is 19.4 Å². The average Bonchev–Trinajstić information content (AvgIpc) is 3.52. The topological polar surface area (TPSA) is 105 Å². The third-order valence-corrected chi connectivity index (χ3v) is 5.14. The fourth-order valence-electron chi connectivity index (χ4n) is 3.27. The Bertz CT molecular complexity index is 1370. The molecule has 0 aliphatic carbocycles. The SMILES string of the molecule is COC(=O)c1nc(-c2ccc(C(F)(F)F)cc2)oc1-c1oc(-c2ccc(C(F)(F)F)cc2)nc1C(=O)OC. The highest BCUT2D eigenvalue weighted by atomic mass is 19.4. The number of hydrogen-bond acceptors (Lipinski definition) is 8. The molecule has 4 rings (SSSR count). The van der Waals surface area contributed by atoms with Crippen LogP contribution in [-0.4, -0.2) is 36.1 Å². The first-order valence-corrected chi connectivity index (χ1v) is 10.4. The standard InChI is InChI=1S/C24H14F6N2O6/c1-35-21(33)15-17(37-19(31-15)11-3-7-13(8-4-11)23(25,26)27)18-16(22(34)36-2)32-20(38-18)12-5-9-14(10-6-12)24(28,29)30/h3-10H,1-2H3. The van der Waals surface area contributed by atoms with Crippen LogP contribution in [0.25, 0.3) is 34.4 Å². The summed E-state index contributed by atoms with van der Waals surface area (Å²) in [4.78, 5) is 32.8. The summed E-state index contributed by atoms with van der Waals surface area (Å²) in [6.45, 7) is 0. The Morgan fingerprint density at radius 2 is 0.947 bits per heavy atom. The second-order valence-corrected chi connectivity index (χ2v) is 7.53. The molecule has 2 heterocycles. The summed E-state index contributed by atoms with van der Waals surface area (Å²) < 4.78 is 98.1. The van der Waals surface area contributed by atoms with E-state index in [1.807, 2.05) is 0 Å². The summed E-state index contributed by atoms with van der Waals surface area (Å²) in [5, 5.41) is 0. The minimum Gasteiger partial charge on any atom is -0.464 e. The average molecular weight is 540 g/mol. The molecule has 0 atom stereocenters. The lowest BCUT2D eigenvalue weighted by Crippen LogP contribution is -2.06. The van der Waals surface area contributed by atoms with E-state index in [-0.39, 0.29) is 22.9 Å². The Hall–Kier alpha value is -4.62. The molecule has 2 aromatic carbocycles. The number of rotatable bonds is 5. The van der Waals surface area contributed by atoms with Crippen LogP contribution in [-0.2, 0) is 21.8 Å². The van der Waals surface area contributed by atoms with Gasteiger partial charge in [0.1, 0.15) is 0 Å². The molecule has 4 aromatic rings. The Kier molecular flexibility index (Phi) is 6.74. The van der Waals surface area contributed by atoms with Gasteiger partial charge in [-0.05, 0) is 48.5 Å². The maximum absolute atomic E-state index is 12.9. The highest BCUT2D eigenvalue weighted by Crippen LogP contribution is 2.37. The number of ether oxygens (including phenoxy) is 2. The van der Waals surface area contributed by atoms with E-state index in [0.29, 0.717) is 0 Å². The van der Waals surface area contributed by atoms with Gasteiger partial charge in [0.15, 0.2) is 11.4 Å². The fourth-order valence-corrected chi connectivity index (χ4v) is 3.27. The van der Waals surface area contributed by atoms with Crippen molar-refractivity contribution in [2.45, 2.75) is 12.4 Å². The Morgan fingerprint density at radius 1 is 0.632 bits per heavy atom. The predicted molar refractivity (Wildman–Crippen MR) is 116 cm³/mol. The molecule has 2 aromatic heterocycles. The van der Waals surface area contributed by atoms with Gasteiger partial charge in [-0.1, -0.05) is 0 Å². The smallest absolute Gasteiger partial charge is 0.416 e. The first-order chi connectivity index (χ1) is 17.8. The van der Waals surface area contributed by atoms with E-state index < -0.39 is 58.3 Å². The maximum Gasteiger partial charge on any atom is 0.416 e. The van der Waals surface area contributed by atoms with Gasteiger partial charge in [-0.2, -0.15) is 26.3 Å². The van der Waals surface area contributed by atoms with Crippen LogP contribution in [0.1, 0.15) is 32.1 Å². The largest absolute Gasteiger partial charge is 0.464 e. The van der Waals surface area contributed by atoms with Gasteiger partial charge in [0.25, 0.3) is 0 Å². The van der Waals surface area contributed by atoms with Crippen LogP contribution in [0, 0.1) is 0 Å². The number of nitrogens with zero attached hydrogens (tertiary/aromatic N) is 2. The minimum absolute atomic E-state index is 0.0384. The molecule has 0 spiro atoms. The van der Waals surface area contributed by atoms with E-state index >= 15 is 0 Å². The number of oxazole rings is 2. The number of hydrogen-bond donors (Lipinski definition) is 0. The van der Waals surface area contributed by atoms with E-state index in [1.165, 1.54) is 0 Å². The predicted octanol–water partition coefficient (Wildman–Crippen LogP) is 6.27. The summed E-state index contributed by atoms with van der Waals surface area (Å²) in [6, 6.07) is 7.29. The summed E-state index contributed by atoms with van der Waals surface area (Å²) in [7, 11) is 2.04. The number of halogens is 6. The first-order valence-electron chi connectivity index (χ1n) is 10.4. The molecular weight excluding hydrogens is 526 g/mol. The van der Waals surface area contributed by atoms with Crippen molar-refractivity contribution in [3.8, 4) is 34.4 Å². The molecule has 0 unspecified atom stereocenters. The van der Waals surface area contributed by atoms with Crippen molar-refractivity contribution in [2.75, 3.05) is 14.2 Å². The molecule has 0 N–H and O–H groups in total. The van der Waals surface area contributed by atoms with Crippen LogP contribution in [0.5, 0.6) is 0 Å². The molecule has 0 aliphatic rings. The molecular formula is C24H14F6N2O6. The molecule has 198 valence electrons. The lowest BCUT2D eigenvalue weighted by molar-refractivity contribution is -0.138. The van der Waals surface area contributed by atoms with Gasteiger partial charge >= 0.3 is 24.3 Å². The highest BCUT2D eigenvalue weighted by molar-refractivity contribution is 5.99. The zero-order chi connectivity index (χ0) is 27.8. The zero-order valence-electron chi connectivity index (χ0n) is 19.2. The van der Waals surface area contributed by atoms with Gasteiger partial charge in [-0.25, -0.2) is 19.6 Å². The van der Waals surface area contributed by atoms with Crippen molar-refractivity contribution in [2.24, 2.45) is 0 Å². The van der Waals surface area contributed by atoms with Gasteiger partial charge in [0.2, 0.25) is 23.3 Å². The van der Waals surface area contributed by atoms with Crippen LogP contribution >= 0.6 is 0 Å². The molecule has 0 aliphatic heterocycles. The van der Waals surface area contributed by atoms with Gasteiger partial charge in [0.05, 0.1) is 25.3 Å². The Morgan fingerprint density at radius 3 is 1.21 bits per heavy atom. The van der Waals surface area contributed by atoms with Crippen LogP contribution in [0.4, 0.5) is 26.3 Å². The van der Waals surface area contributed by atoms with Crippen molar-refractivity contribution in [3.05, 3.63) is 71.0 Å². The summed E-state index contributed by atoms with van der Waals surface area (Å²) in [5.41, 5.74) is -2.82. The van der Waals surface area contributed by atoms with Crippen LogP contribution in [0.2, 0.25) is 0 Å². The third kappa shape index (κ3) is 5.10. The maximum atomic E-state index is 12.9. The van der Waals surface area contributed by atoms with Crippen molar-refractivity contribution < 1.29 is 54.2 Å². The number of benzene rings is 2.